The van der Waals surface area contributed by atoms with Crippen molar-refractivity contribution >= 4 is 23.8 Å². The van der Waals surface area contributed by atoms with Gasteiger partial charge in [-0.05, 0) is 42.5 Å². The van der Waals surface area contributed by atoms with E-state index in [0.717, 1.165) is 5.56 Å². The third kappa shape index (κ3) is 2.23. The Hall–Kier alpha value is -2.05. The third-order valence-electron chi connectivity index (χ3n) is 2.76. The summed E-state index contributed by atoms with van der Waals surface area (Å²) in [6, 6.07) is 7.67. The monoisotopic (exact) mass is 306 g/mol. The SMILES string of the molecule is Fc1ccc(Cl)c(-n2c(-c3ccncc3)n[nH]c2=S)c1. The van der Waals surface area contributed by atoms with Crippen LogP contribution in [0.1, 0.15) is 0 Å². The Bertz CT molecular complexity index is 813. The number of rotatable bonds is 2. The average Bonchev–Trinajstić information content (AvgIpc) is 2.84. The predicted molar refractivity (Wildman–Crippen MR) is 76.9 cm³/mol. The van der Waals surface area contributed by atoms with Crippen LogP contribution in [0.4, 0.5) is 4.39 Å². The van der Waals surface area contributed by atoms with E-state index in [1.165, 1.54) is 18.2 Å². The molecule has 0 spiro atoms. The lowest BCUT2D eigenvalue weighted by Crippen LogP contribution is -1.99. The van der Waals surface area contributed by atoms with Crippen LogP contribution in [-0.2, 0) is 0 Å². The van der Waals surface area contributed by atoms with Crippen molar-refractivity contribution in [3.05, 3.63) is 58.3 Å². The summed E-state index contributed by atoms with van der Waals surface area (Å²) < 4.78 is 15.4. The van der Waals surface area contributed by atoms with Gasteiger partial charge in [0.1, 0.15) is 5.82 Å². The second-order valence-electron chi connectivity index (χ2n) is 4.02. The third-order valence-corrected chi connectivity index (χ3v) is 3.35. The molecule has 0 amide bonds. The van der Waals surface area contributed by atoms with Crippen molar-refractivity contribution in [1.82, 2.24) is 19.7 Å². The second kappa shape index (κ2) is 5.15. The Balaban J connectivity index is 2.27. The largest absolute Gasteiger partial charge is 0.267 e. The standard InChI is InChI=1S/C13H8ClFN4S/c14-10-2-1-9(15)7-11(10)19-12(17-18-13(19)20)8-3-5-16-6-4-8/h1-7H,(H,18,20). The van der Waals surface area contributed by atoms with E-state index in [1.807, 2.05) is 0 Å². The van der Waals surface area contributed by atoms with Crippen molar-refractivity contribution in [2.24, 2.45) is 0 Å². The van der Waals surface area contributed by atoms with Crippen LogP contribution in [-0.4, -0.2) is 19.7 Å². The molecule has 1 aromatic carbocycles. The summed E-state index contributed by atoms with van der Waals surface area (Å²) in [6.45, 7) is 0. The number of hydrogen-bond donors (Lipinski definition) is 1. The van der Waals surface area contributed by atoms with Crippen molar-refractivity contribution in [1.29, 1.82) is 0 Å². The number of hydrogen-bond acceptors (Lipinski definition) is 3. The predicted octanol–water partition coefficient (Wildman–Crippen LogP) is 3.78. The highest BCUT2D eigenvalue weighted by molar-refractivity contribution is 7.71. The van der Waals surface area contributed by atoms with Gasteiger partial charge in [0.25, 0.3) is 0 Å². The first-order valence-electron chi connectivity index (χ1n) is 5.70. The quantitative estimate of drug-likeness (QED) is 0.733. The number of benzene rings is 1. The van der Waals surface area contributed by atoms with E-state index in [-0.39, 0.29) is 0 Å². The number of nitrogens with zero attached hydrogens (tertiary/aromatic N) is 3. The van der Waals surface area contributed by atoms with Crippen LogP contribution in [0.2, 0.25) is 5.02 Å². The molecule has 0 fully saturated rings. The highest BCUT2D eigenvalue weighted by Gasteiger charge is 2.13. The van der Waals surface area contributed by atoms with Crippen LogP contribution < -0.4 is 0 Å². The van der Waals surface area contributed by atoms with E-state index in [9.17, 15) is 4.39 Å². The van der Waals surface area contributed by atoms with Crippen LogP contribution in [0.3, 0.4) is 0 Å². The van der Waals surface area contributed by atoms with Crippen molar-refractivity contribution in [3.8, 4) is 17.1 Å². The minimum absolute atomic E-state index is 0.337. The Kier molecular flexibility index (Phi) is 3.33. The Labute approximate surface area is 123 Å². The van der Waals surface area contributed by atoms with Gasteiger partial charge in [0, 0.05) is 18.0 Å². The summed E-state index contributed by atoms with van der Waals surface area (Å²) in [4.78, 5) is 3.95. The summed E-state index contributed by atoms with van der Waals surface area (Å²) >= 11 is 11.3. The highest BCUT2D eigenvalue weighted by Crippen LogP contribution is 2.26. The molecule has 7 heteroatoms. The average molecular weight is 307 g/mol. The first kappa shape index (κ1) is 13.0. The van der Waals surface area contributed by atoms with Gasteiger partial charge in [-0.3, -0.25) is 14.6 Å². The minimum atomic E-state index is -0.395. The van der Waals surface area contributed by atoms with Gasteiger partial charge in [-0.15, -0.1) is 0 Å². The Morgan fingerprint density at radius 3 is 2.70 bits per heavy atom. The number of aromatic amines is 1. The molecule has 0 aliphatic rings. The number of nitrogens with one attached hydrogen (secondary N) is 1. The van der Waals surface area contributed by atoms with Crippen LogP contribution in [0.25, 0.3) is 17.1 Å². The molecular weight excluding hydrogens is 299 g/mol. The summed E-state index contributed by atoms with van der Waals surface area (Å²) in [7, 11) is 0. The zero-order chi connectivity index (χ0) is 14.1. The van der Waals surface area contributed by atoms with Gasteiger partial charge in [0.15, 0.2) is 10.6 Å². The number of H-pyrrole nitrogens is 1. The Morgan fingerprint density at radius 2 is 1.95 bits per heavy atom. The van der Waals surface area contributed by atoms with Gasteiger partial charge < -0.3 is 0 Å². The van der Waals surface area contributed by atoms with Gasteiger partial charge in [-0.25, -0.2) is 4.39 Å². The van der Waals surface area contributed by atoms with Gasteiger partial charge >= 0.3 is 0 Å². The van der Waals surface area contributed by atoms with Crippen molar-refractivity contribution in [2.75, 3.05) is 0 Å². The topological polar surface area (TPSA) is 46.5 Å². The van der Waals surface area contributed by atoms with Crippen molar-refractivity contribution in [3.63, 3.8) is 0 Å². The van der Waals surface area contributed by atoms with Crippen LogP contribution >= 0.6 is 23.8 Å². The molecule has 3 rings (SSSR count). The molecule has 0 aliphatic heterocycles. The summed E-state index contributed by atoms with van der Waals surface area (Å²) in [6.07, 6.45) is 3.29. The van der Waals surface area contributed by atoms with E-state index in [2.05, 4.69) is 15.2 Å². The molecule has 1 N–H and O–H groups in total. The van der Waals surface area contributed by atoms with Gasteiger partial charge in [-0.1, -0.05) is 11.6 Å². The fourth-order valence-electron chi connectivity index (χ4n) is 1.87. The molecule has 4 nitrogen and oxygen atoms in total. The number of aromatic nitrogens is 4. The molecular formula is C13H8ClFN4S. The van der Waals surface area contributed by atoms with Crippen molar-refractivity contribution in [2.45, 2.75) is 0 Å². The van der Waals surface area contributed by atoms with E-state index < -0.39 is 5.82 Å². The van der Waals surface area contributed by atoms with Crippen LogP contribution in [0.5, 0.6) is 0 Å². The highest BCUT2D eigenvalue weighted by atomic mass is 35.5. The molecule has 3 aromatic rings. The molecule has 2 heterocycles. The zero-order valence-corrected chi connectivity index (χ0v) is 11.6. The molecule has 100 valence electrons. The molecule has 0 radical (unpaired) electrons. The van der Waals surface area contributed by atoms with E-state index in [1.54, 1.807) is 29.1 Å². The zero-order valence-electron chi connectivity index (χ0n) is 10.0. The summed E-state index contributed by atoms with van der Waals surface area (Å²) in [5.74, 6) is 0.151. The second-order valence-corrected chi connectivity index (χ2v) is 4.81. The Morgan fingerprint density at radius 1 is 1.20 bits per heavy atom. The van der Waals surface area contributed by atoms with E-state index in [0.29, 0.717) is 21.3 Å². The normalized spacial score (nSPS) is 10.7. The molecule has 0 atom stereocenters. The maximum Gasteiger partial charge on any atom is 0.200 e. The van der Waals surface area contributed by atoms with Crippen molar-refractivity contribution < 1.29 is 4.39 Å². The molecule has 0 bridgehead atoms. The maximum atomic E-state index is 13.5. The molecule has 2 aromatic heterocycles. The lowest BCUT2D eigenvalue weighted by molar-refractivity contribution is 0.626. The fourth-order valence-corrected chi connectivity index (χ4v) is 2.30. The van der Waals surface area contributed by atoms with Gasteiger partial charge in [0.2, 0.25) is 0 Å². The summed E-state index contributed by atoms with van der Waals surface area (Å²) in [5.41, 5.74) is 1.24. The van der Waals surface area contributed by atoms with Crippen LogP contribution in [0.15, 0.2) is 42.7 Å². The van der Waals surface area contributed by atoms with E-state index in [4.69, 9.17) is 23.8 Å². The molecule has 0 saturated carbocycles. The molecule has 0 unspecified atom stereocenters. The lowest BCUT2D eigenvalue weighted by Gasteiger charge is -2.08. The molecule has 20 heavy (non-hydrogen) atoms. The first-order valence-corrected chi connectivity index (χ1v) is 6.48. The number of halogens is 2. The molecule has 0 aliphatic carbocycles. The van der Waals surface area contributed by atoms with Crippen LogP contribution in [0, 0.1) is 10.6 Å². The van der Waals surface area contributed by atoms with Gasteiger partial charge in [-0.2, -0.15) is 5.10 Å². The van der Waals surface area contributed by atoms with E-state index >= 15 is 0 Å². The maximum absolute atomic E-state index is 13.5. The smallest absolute Gasteiger partial charge is 0.200 e. The lowest BCUT2D eigenvalue weighted by atomic mass is 10.2. The van der Waals surface area contributed by atoms with Gasteiger partial charge in [0.05, 0.1) is 10.7 Å². The summed E-state index contributed by atoms with van der Waals surface area (Å²) in [5, 5.41) is 7.25. The number of pyridine rings is 1. The first-order chi connectivity index (χ1) is 9.66. The minimum Gasteiger partial charge on any atom is -0.267 e. The fraction of sp³-hybridized carbons (Fsp3) is 0. The molecule has 0 saturated heterocycles.